The van der Waals surface area contributed by atoms with Crippen LogP contribution in [-0.2, 0) is 0 Å². The zero-order chi connectivity index (χ0) is 23.3. The lowest BCUT2D eigenvalue weighted by atomic mass is 10.1. The molecule has 1 heterocycles. The fraction of sp³-hybridized carbons (Fsp3) is 0.333. The molecule has 3 aromatic rings. The third-order valence-electron chi connectivity index (χ3n) is 4.81. The first-order valence-corrected chi connectivity index (χ1v) is 11.0. The number of benzene rings is 2. The van der Waals surface area contributed by atoms with Crippen molar-refractivity contribution in [3.8, 4) is 34.3 Å². The number of nitrogens with zero attached hydrogens (tertiary/aromatic N) is 2. The topological polar surface area (TPSA) is 70.1 Å². The zero-order valence-corrected chi connectivity index (χ0v) is 20.0. The van der Waals surface area contributed by atoms with Gasteiger partial charge in [-0.05, 0) is 42.3 Å². The molecule has 0 atom stereocenters. The minimum absolute atomic E-state index is 0.186. The Morgan fingerprint density at radius 3 is 2.09 bits per heavy atom. The van der Waals surface area contributed by atoms with Crippen LogP contribution in [0.15, 0.2) is 41.8 Å². The van der Waals surface area contributed by atoms with Crippen LogP contribution in [-0.4, -0.2) is 45.9 Å². The molecule has 0 N–H and O–H groups in total. The van der Waals surface area contributed by atoms with Crippen molar-refractivity contribution in [2.75, 3.05) is 39.9 Å². The summed E-state index contributed by atoms with van der Waals surface area (Å²) in [7, 11) is 6.22. The van der Waals surface area contributed by atoms with Crippen LogP contribution in [0.3, 0.4) is 0 Å². The number of aromatic nitrogens is 1. The first-order chi connectivity index (χ1) is 15.4. The van der Waals surface area contributed by atoms with Gasteiger partial charge in [-0.3, -0.25) is 9.69 Å². The van der Waals surface area contributed by atoms with Crippen molar-refractivity contribution in [2.24, 2.45) is 5.92 Å². The predicted molar refractivity (Wildman–Crippen MR) is 127 cm³/mol. The second kappa shape index (κ2) is 10.4. The van der Waals surface area contributed by atoms with Gasteiger partial charge in [-0.1, -0.05) is 13.8 Å². The number of ether oxygens (including phenoxy) is 4. The van der Waals surface area contributed by atoms with Gasteiger partial charge in [0.25, 0.3) is 5.91 Å². The van der Waals surface area contributed by atoms with Crippen LogP contribution >= 0.6 is 11.3 Å². The third-order valence-corrected chi connectivity index (χ3v) is 5.68. The van der Waals surface area contributed by atoms with Crippen molar-refractivity contribution in [2.45, 2.75) is 13.8 Å². The second-order valence-corrected chi connectivity index (χ2v) is 8.30. The average Bonchev–Trinajstić information content (AvgIpc) is 3.31. The molecule has 0 aliphatic carbocycles. The second-order valence-electron chi connectivity index (χ2n) is 7.47. The van der Waals surface area contributed by atoms with Gasteiger partial charge < -0.3 is 18.9 Å². The van der Waals surface area contributed by atoms with Gasteiger partial charge in [-0.15, -0.1) is 11.3 Å². The lowest BCUT2D eigenvalue weighted by molar-refractivity contribution is 0.0983. The number of anilines is 1. The number of carbonyl (C=O) groups is 1. The Hall–Kier alpha value is -3.26. The lowest BCUT2D eigenvalue weighted by Crippen LogP contribution is -2.34. The van der Waals surface area contributed by atoms with Gasteiger partial charge in [-0.2, -0.15) is 0 Å². The van der Waals surface area contributed by atoms with E-state index in [2.05, 4.69) is 13.8 Å². The molecule has 0 fully saturated rings. The minimum Gasteiger partial charge on any atom is -0.497 e. The quantitative estimate of drug-likeness (QED) is 0.444. The van der Waals surface area contributed by atoms with Gasteiger partial charge in [0.05, 0.1) is 34.1 Å². The summed E-state index contributed by atoms with van der Waals surface area (Å²) in [5, 5.41) is 2.58. The Kier molecular flexibility index (Phi) is 7.58. The highest BCUT2D eigenvalue weighted by molar-refractivity contribution is 7.14. The summed E-state index contributed by atoms with van der Waals surface area (Å²) in [6.45, 7) is 4.64. The van der Waals surface area contributed by atoms with Gasteiger partial charge in [0.2, 0.25) is 5.75 Å². The molecule has 2 aromatic carbocycles. The largest absolute Gasteiger partial charge is 0.497 e. The molecule has 0 saturated heterocycles. The van der Waals surface area contributed by atoms with E-state index in [1.807, 2.05) is 29.6 Å². The van der Waals surface area contributed by atoms with Gasteiger partial charge >= 0.3 is 0 Å². The van der Waals surface area contributed by atoms with Crippen molar-refractivity contribution in [3.05, 3.63) is 47.3 Å². The Labute approximate surface area is 192 Å². The molecule has 7 nitrogen and oxygen atoms in total. The van der Waals surface area contributed by atoms with Crippen LogP contribution in [0.4, 0.5) is 5.13 Å². The minimum atomic E-state index is -0.186. The maximum absolute atomic E-state index is 13.6. The van der Waals surface area contributed by atoms with E-state index in [-0.39, 0.29) is 11.8 Å². The lowest BCUT2D eigenvalue weighted by Gasteiger charge is -2.23. The number of methoxy groups -OCH3 is 4. The Morgan fingerprint density at radius 2 is 1.59 bits per heavy atom. The van der Waals surface area contributed by atoms with Gasteiger partial charge in [0.15, 0.2) is 16.6 Å². The maximum atomic E-state index is 13.6. The highest BCUT2D eigenvalue weighted by atomic mass is 32.1. The standard InChI is InChI=1S/C24H28N2O5S/c1-15(2)13-26(23(27)17-11-20(29-4)22(31-6)21(12-17)30-5)24-25-19(14-32-24)16-7-9-18(28-3)10-8-16/h7-12,14-15H,13H2,1-6H3. The van der Waals surface area contributed by atoms with Gasteiger partial charge in [0, 0.05) is 23.1 Å². The van der Waals surface area contributed by atoms with Crippen molar-refractivity contribution >= 4 is 22.4 Å². The molecule has 0 bridgehead atoms. The number of thiazole rings is 1. The molecule has 32 heavy (non-hydrogen) atoms. The molecule has 0 aliphatic heterocycles. The van der Waals surface area contributed by atoms with E-state index in [4.69, 9.17) is 23.9 Å². The van der Waals surface area contributed by atoms with E-state index in [1.54, 1.807) is 24.1 Å². The van der Waals surface area contributed by atoms with Gasteiger partial charge in [-0.25, -0.2) is 4.98 Å². The Bertz CT molecular complexity index is 1040. The summed E-state index contributed by atoms with van der Waals surface area (Å²) in [6.07, 6.45) is 0. The van der Waals surface area contributed by atoms with E-state index in [0.29, 0.717) is 34.5 Å². The molecule has 1 amide bonds. The molecule has 170 valence electrons. The van der Waals surface area contributed by atoms with Crippen LogP contribution in [0.2, 0.25) is 0 Å². The van der Waals surface area contributed by atoms with Crippen molar-refractivity contribution in [1.82, 2.24) is 4.98 Å². The number of hydrogen-bond donors (Lipinski definition) is 0. The molecule has 8 heteroatoms. The molecule has 0 saturated carbocycles. The monoisotopic (exact) mass is 456 g/mol. The number of amides is 1. The molecule has 0 unspecified atom stereocenters. The van der Waals surface area contributed by atoms with Crippen LogP contribution in [0, 0.1) is 5.92 Å². The Balaban J connectivity index is 1.98. The molecular formula is C24H28N2O5S. The SMILES string of the molecule is COc1ccc(-c2csc(N(CC(C)C)C(=O)c3cc(OC)c(OC)c(OC)c3)n2)cc1. The van der Waals surface area contributed by atoms with Gasteiger partial charge in [0.1, 0.15) is 5.75 Å². The van der Waals surface area contributed by atoms with Crippen LogP contribution in [0.25, 0.3) is 11.3 Å². The number of rotatable bonds is 9. The maximum Gasteiger partial charge on any atom is 0.260 e. The Morgan fingerprint density at radius 1 is 0.969 bits per heavy atom. The molecule has 0 radical (unpaired) electrons. The first-order valence-electron chi connectivity index (χ1n) is 10.1. The van der Waals surface area contributed by atoms with E-state index < -0.39 is 0 Å². The molecule has 0 spiro atoms. The summed E-state index contributed by atoms with van der Waals surface area (Å²) in [6, 6.07) is 11.0. The summed E-state index contributed by atoms with van der Waals surface area (Å²) < 4.78 is 21.4. The summed E-state index contributed by atoms with van der Waals surface area (Å²) in [4.78, 5) is 20.0. The van der Waals surface area contributed by atoms with Crippen molar-refractivity contribution < 1.29 is 23.7 Å². The fourth-order valence-corrected chi connectivity index (χ4v) is 4.10. The molecule has 1 aromatic heterocycles. The molecule has 0 aliphatic rings. The van der Waals surface area contributed by atoms with Crippen molar-refractivity contribution in [3.63, 3.8) is 0 Å². The smallest absolute Gasteiger partial charge is 0.260 e. The number of carbonyl (C=O) groups excluding carboxylic acids is 1. The first kappa shape index (κ1) is 23.4. The van der Waals surface area contributed by atoms with Crippen LogP contribution in [0.1, 0.15) is 24.2 Å². The zero-order valence-electron chi connectivity index (χ0n) is 19.2. The van der Waals surface area contributed by atoms with Crippen LogP contribution < -0.4 is 23.8 Å². The summed E-state index contributed by atoms with van der Waals surface area (Å²) in [5.41, 5.74) is 2.19. The highest BCUT2D eigenvalue weighted by Crippen LogP contribution is 2.39. The highest BCUT2D eigenvalue weighted by Gasteiger charge is 2.25. The summed E-state index contributed by atoms with van der Waals surface area (Å²) >= 11 is 1.43. The normalized spacial score (nSPS) is 10.7. The average molecular weight is 457 g/mol. The van der Waals surface area contributed by atoms with E-state index in [1.165, 1.54) is 32.7 Å². The third kappa shape index (κ3) is 4.96. The predicted octanol–water partition coefficient (Wildman–Crippen LogP) is 5.15. The number of hydrogen-bond acceptors (Lipinski definition) is 7. The molecule has 3 rings (SSSR count). The van der Waals surface area contributed by atoms with E-state index in [9.17, 15) is 4.79 Å². The summed E-state index contributed by atoms with van der Waals surface area (Å²) in [5.74, 6) is 2.14. The van der Waals surface area contributed by atoms with E-state index >= 15 is 0 Å². The molecular weight excluding hydrogens is 428 g/mol. The van der Waals surface area contributed by atoms with Crippen molar-refractivity contribution in [1.29, 1.82) is 0 Å². The van der Waals surface area contributed by atoms with Crippen LogP contribution in [0.5, 0.6) is 23.0 Å². The fourth-order valence-electron chi connectivity index (χ4n) is 3.26. The van der Waals surface area contributed by atoms with E-state index in [0.717, 1.165) is 17.0 Å².